The number of fused-ring (bicyclic) bond motifs is 1. The SMILES string of the molecule is Cc1cccnc1-c1cccc2c1OC(CNC(=O)c1ccc(-n3cccn3)cc1)C2. The largest absolute Gasteiger partial charge is 0.487 e. The second-order valence-electron chi connectivity index (χ2n) is 7.61. The zero-order valence-corrected chi connectivity index (χ0v) is 17.2. The zero-order chi connectivity index (χ0) is 21.2. The number of rotatable bonds is 5. The van der Waals surface area contributed by atoms with Crippen molar-refractivity contribution in [1.29, 1.82) is 0 Å². The standard InChI is InChI=1S/C25H22N4O2/c1-17-5-3-12-26-23(17)22-7-2-6-19-15-21(31-24(19)22)16-27-25(30)18-8-10-20(11-9-18)29-14-4-13-28-29/h2-14,21H,15-16H2,1H3,(H,27,30). The minimum absolute atomic E-state index is 0.104. The second-order valence-corrected chi connectivity index (χ2v) is 7.61. The molecule has 6 heteroatoms. The van der Waals surface area contributed by atoms with Crippen LogP contribution in [0.15, 0.2) is 79.3 Å². The van der Waals surface area contributed by atoms with E-state index in [-0.39, 0.29) is 12.0 Å². The summed E-state index contributed by atoms with van der Waals surface area (Å²) in [5.41, 5.74) is 5.70. The number of pyridine rings is 1. The average molecular weight is 410 g/mol. The number of hydrogen-bond donors (Lipinski definition) is 1. The third-order valence-electron chi connectivity index (χ3n) is 5.48. The normalized spacial score (nSPS) is 14.7. The van der Waals surface area contributed by atoms with Gasteiger partial charge in [-0.3, -0.25) is 9.78 Å². The molecule has 154 valence electrons. The Balaban J connectivity index is 1.25. The predicted octanol–water partition coefficient (Wildman–Crippen LogP) is 3.98. The van der Waals surface area contributed by atoms with Gasteiger partial charge < -0.3 is 10.1 Å². The number of hydrogen-bond acceptors (Lipinski definition) is 4. The second kappa shape index (κ2) is 8.07. The number of benzene rings is 2. The lowest BCUT2D eigenvalue weighted by atomic mass is 10.0. The summed E-state index contributed by atoms with van der Waals surface area (Å²) in [7, 11) is 0. The number of amides is 1. The molecule has 3 heterocycles. The number of aromatic nitrogens is 3. The molecule has 0 saturated carbocycles. The molecule has 0 bridgehead atoms. The molecule has 31 heavy (non-hydrogen) atoms. The molecule has 2 aromatic heterocycles. The first-order valence-electron chi connectivity index (χ1n) is 10.3. The third-order valence-corrected chi connectivity index (χ3v) is 5.48. The highest BCUT2D eigenvalue weighted by atomic mass is 16.5. The number of carbonyl (C=O) groups is 1. The first-order chi connectivity index (χ1) is 15.2. The Kier molecular flexibility index (Phi) is 4.96. The van der Waals surface area contributed by atoms with E-state index in [0.29, 0.717) is 12.1 Å². The van der Waals surface area contributed by atoms with Gasteiger partial charge in [-0.2, -0.15) is 5.10 Å². The molecule has 6 nitrogen and oxygen atoms in total. The van der Waals surface area contributed by atoms with Gasteiger partial charge in [0.1, 0.15) is 11.9 Å². The fourth-order valence-corrected chi connectivity index (χ4v) is 3.90. The minimum atomic E-state index is -0.118. The van der Waals surface area contributed by atoms with Crippen LogP contribution in [0.1, 0.15) is 21.5 Å². The van der Waals surface area contributed by atoms with E-state index in [9.17, 15) is 4.79 Å². The lowest BCUT2D eigenvalue weighted by Gasteiger charge is -2.14. The summed E-state index contributed by atoms with van der Waals surface area (Å²) in [6, 6.07) is 19.4. The van der Waals surface area contributed by atoms with Gasteiger partial charge >= 0.3 is 0 Å². The van der Waals surface area contributed by atoms with Crippen molar-refractivity contribution in [3.05, 3.63) is 95.9 Å². The molecule has 4 aromatic rings. The Morgan fingerprint density at radius 1 is 1.10 bits per heavy atom. The molecule has 0 spiro atoms. The molecule has 2 aromatic carbocycles. The Labute approximate surface area is 180 Å². The molecular formula is C25H22N4O2. The van der Waals surface area contributed by atoms with Crippen molar-refractivity contribution in [2.45, 2.75) is 19.4 Å². The van der Waals surface area contributed by atoms with Gasteiger partial charge in [-0.1, -0.05) is 18.2 Å². The Bertz CT molecular complexity index is 1220. The maximum Gasteiger partial charge on any atom is 0.251 e. The van der Waals surface area contributed by atoms with Gasteiger partial charge in [0.2, 0.25) is 0 Å². The van der Waals surface area contributed by atoms with E-state index in [2.05, 4.69) is 21.5 Å². The van der Waals surface area contributed by atoms with Gasteiger partial charge in [0.15, 0.2) is 0 Å². The minimum Gasteiger partial charge on any atom is -0.487 e. The molecule has 0 aliphatic carbocycles. The van der Waals surface area contributed by atoms with Gasteiger partial charge in [0.05, 0.1) is 17.9 Å². The Morgan fingerprint density at radius 3 is 2.74 bits per heavy atom. The Morgan fingerprint density at radius 2 is 1.97 bits per heavy atom. The zero-order valence-electron chi connectivity index (χ0n) is 17.2. The van der Waals surface area contributed by atoms with Crippen molar-refractivity contribution in [3.8, 4) is 22.7 Å². The van der Waals surface area contributed by atoms with E-state index >= 15 is 0 Å². The van der Waals surface area contributed by atoms with E-state index in [0.717, 1.165) is 40.2 Å². The monoisotopic (exact) mass is 410 g/mol. The lowest BCUT2D eigenvalue weighted by molar-refractivity contribution is 0.0933. The molecule has 1 atom stereocenters. The first-order valence-corrected chi connectivity index (χ1v) is 10.3. The van der Waals surface area contributed by atoms with Gasteiger partial charge in [-0.25, -0.2) is 4.68 Å². The summed E-state index contributed by atoms with van der Waals surface area (Å²) in [5.74, 6) is 0.750. The van der Waals surface area contributed by atoms with Crippen LogP contribution in [0.5, 0.6) is 5.75 Å². The quantitative estimate of drug-likeness (QED) is 0.540. The highest BCUT2D eigenvalue weighted by Crippen LogP contribution is 2.38. The van der Waals surface area contributed by atoms with Crippen molar-refractivity contribution in [2.24, 2.45) is 0 Å². The topological polar surface area (TPSA) is 69.0 Å². The smallest absolute Gasteiger partial charge is 0.251 e. The van der Waals surface area contributed by atoms with Crippen LogP contribution in [0, 0.1) is 6.92 Å². The van der Waals surface area contributed by atoms with Gasteiger partial charge in [0.25, 0.3) is 5.91 Å². The molecule has 0 fully saturated rings. The number of carbonyl (C=O) groups excluding carboxylic acids is 1. The van der Waals surface area contributed by atoms with Crippen molar-refractivity contribution >= 4 is 5.91 Å². The summed E-state index contributed by atoms with van der Waals surface area (Å²) in [6.45, 7) is 2.49. The van der Waals surface area contributed by atoms with Crippen molar-refractivity contribution in [3.63, 3.8) is 0 Å². The molecule has 1 unspecified atom stereocenters. The summed E-state index contributed by atoms with van der Waals surface area (Å²) in [4.78, 5) is 17.1. The number of ether oxygens (including phenoxy) is 1. The molecule has 1 aliphatic heterocycles. The first kappa shape index (κ1) is 19.1. The van der Waals surface area contributed by atoms with Crippen LogP contribution in [0.3, 0.4) is 0 Å². The molecule has 1 amide bonds. The van der Waals surface area contributed by atoms with Crippen molar-refractivity contribution in [2.75, 3.05) is 6.54 Å². The fraction of sp³-hybridized carbons (Fsp3) is 0.160. The summed E-state index contributed by atoms with van der Waals surface area (Å²) in [6.07, 6.45) is 6.04. The third kappa shape index (κ3) is 3.80. The number of nitrogens with zero attached hydrogens (tertiary/aromatic N) is 3. The van der Waals surface area contributed by atoms with E-state index in [1.807, 2.05) is 55.6 Å². The van der Waals surface area contributed by atoms with Gasteiger partial charge in [-0.05, 0) is 60.5 Å². The summed E-state index contributed by atoms with van der Waals surface area (Å²) < 4.78 is 7.99. The summed E-state index contributed by atoms with van der Waals surface area (Å²) >= 11 is 0. The van der Waals surface area contributed by atoms with Crippen molar-refractivity contribution in [1.82, 2.24) is 20.1 Å². The van der Waals surface area contributed by atoms with Crippen molar-refractivity contribution < 1.29 is 9.53 Å². The molecule has 5 rings (SSSR count). The number of aryl methyl sites for hydroxylation is 1. The Hall–Kier alpha value is -3.93. The molecule has 1 N–H and O–H groups in total. The van der Waals surface area contributed by atoms with E-state index in [4.69, 9.17) is 4.74 Å². The predicted molar refractivity (Wildman–Crippen MR) is 118 cm³/mol. The maximum atomic E-state index is 12.6. The summed E-state index contributed by atoms with van der Waals surface area (Å²) in [5, 5.41) is 7.20. The number of nitrogens with one attached hydrogen (secondary N) is 1. The van der Waals surface area contributed by atoms with E-state index in [1.165, 1.54) is 0 Å². The maximum absolute atomic E-state index is 12.6. The van der Waals surface area contributed by atoms with E-state index < -0.39 is 0 Å². The van der Waals surface area contributed by atoms with Gasteiger partial charge in [0, 0.05) is 36.1 Å². The average Bonchev–Trinajstić information content (AvgIpc) is 3.48. The van der Waals surface area contributed by atoms with Crippen LogP contribution >= 0.6 is 0 Å². The molecule has 0 radical (unpaired) electrons. The lowest BCUT2D eigenvalue weighted by Crippen LogP contribution is -2.34. The van der Waals surface area contributed by atoms with Crippen LogP contribution in [0.2, 0.25) is 0 Å². The highest BCUT2D eigenvalue weighted by Gasteiger charge is 2.27. The van der Waals surface area contributed by atoms with Crippen LogP contribution in [-0.4, -0.2) is 33.3 Å². The molecular weight excluding hydrogens is 388 g/mol. The molecule has 1 aliphatic rings. The highest BCUT2D eigenvalue weighted by molar-refractivity contribution is 5.94. The number of para-hydroxylation sites is 1. The van der Waals surface area contributed by atoms with Gasteiger partial charge in [-0.15, -0.1) is 0 Å². The molecule has 0 saturated heterocycles. The van der Waals surface area contributed by atoms with E-state index in [1.54, 1.807) is 29.2 Å². The van der Waals surface area contributed by atoms with Crippen LogP contribution in [0.25, 0.3) is 16.9 Å². The van der Waals surface area contributed by atoms with Crippen LogP contribution < -0.4 is 10.1 Å². The van der Waals surface area contributed by atoms with Crippen LogP contribution in [-0.2, 0) is 6.42 Å². The fourth-order valence-electron chi connectivity index (χ4n) is 3.90. The van der Waals surface area contributed by atoms with Crippen LogP contribution in [0.4, 0.5) is 0 Å².